The maximum atomic E-state index is 12.0. The van der Waals surface area contributed by atoms with Crippen molar-refractivity contribution in [3.05, 3.63) is 54.1 Å². The quantitative estimate of drug-likeness (QED) is 0.798. The number of ketones is 1. The van der Waals surface area contributed by atoms with Crippen molar-refractivity contribution in [2.75, 3.05) is 11.6 Å². The number of Topliss-reactive ketones (excluding diaryl/α,β-unsaturated/α-hetero) is 1. The number of hydrogen-bond donors (Lipinski definition) is 1. The summed E-state index contributed by atoms with van der Waals surface area (Å²) >= 11 is 0. The van der Waals surface area contributed by atoms with Gasteiger partial charge in [-0.1, -0.05) is 24.3 Å². The molecule has 2 aromatic carbocycles. The molecule has 5 heteroatoms. The first kappa shape index (κ1) is 13.9. The van der Waals surface area contributed by atoms with Crippen LogP contribution in [0.5, 0.6) is 11.5 Å². The SMILES string of the molecule is O=C1CN(c2ccccc2O)Oc2ccccc21.[NaH]. The molecule has 92 valence electrons. The van der Waals surface area contributed by atoms with Crippen molar-refractivity contribution in [2.45, 2.75) is 0 Å². The average molecular weight is 265 g/mol. The van der Waals surface area contributed by atoms with Gasteiger partial charge in [-0.05, 0) is 24.3 Å². The van der Waals surface area contributed by atoms with Crippen molar-refractivity contribution < 1.29 is 14.7 Å². The summed E-state index contributed by atoms with van der Waals surface area (Å²) in [5, 5.41) is 11.2. The topological polar surface area (TPSA) is 49.8 Å². The fraction of sp³-hybridized carbons (Fsp3) is 0.0714. The Kier molecular flexibility index (Phi) is 4.14. The molecule has 1 heterocycles. The minimum absolute atomic E-state index is 0. The molecule has 4 nitrogen and oxygen atoms in total. The Morgan fingerprint density at radius 1 is 1.05 bits per heavy atom. The number of nitrogens with zero attached hydrogens (tertiary/aromatic N) is 1. The van der Waals surface area contributed by atoms with E-state index in [0.29, 0.717) is 17.0 Å². The van der Waals surface area contributed by atoms with E-state index < -0.39 is 0 Å². The number of hydroxylamine groups is 1. The Morgan fingerprint density at radius 2 is 1.74 bits per heavy atom. The Bertz CT molecular complexity index is 615. The number of rotatable bonds is 1. The van der Waals surface area contributed by atoms with Crippen molar-refractivity contribution in [3.8, 4) is 11.5 Å². The van der Waals surface area contributed by atoms with Gasteiger partial charge in [0, 0.05) is 0 Å². The van der Waals surface area contributed by atoms with Crippen LogP contribution in [-0.4, -0.2) is 47.0 Å². The first-order valence-electron chi connectivity index (χ1n) is 5.61. The fourth-order valence-electron chi connectivity index (χ4n) is 1.95. The zero-order valence-electron chi connectivity index (χ0n) is 9.54. The van der Waals surface area contributed by atoms with Gasteiger partial charge in [0.1, 0.15) is 18.0 Å². The van der Waals surface area contributed by atoms with Gasteiger partial charge in [-0.2, -0.15) is 5.06 Å². The molecule has 0 amide bonds. The maximum absolute atomic E-state index is 12.0. The number of aromatic hydroxyl groups is 1. The fourth-order valence-corrected chi connectivity index (χ4v) is 1.95. The molecule has 1 aliphatic rings. The molecule has 0 aliphatic carbocycles. The second-order valence-electron chi connectivity index (χ2n) is 4.04. The summed E-state index contributed by atoms with van der Waals surface area (Å²) in [4.78, 5) is 17.6. The summed E-state index contributed by atoms with van der Waals surface area (Å²) in [7, 11) is 0. The summed E-state index contributed by atoms with van der Waals surface area (Å²) < 4.78 is 0. The van der Waals surface area contributed by atoms with E-state index in [1.54, 1.807) is 48.5 Å². The molecule has 0 unspecified atom stereocenters. The Hall–Kier alpha value is -1.49. The van der Waals surface area contributed by atoms with E-state index in [-0.39, 0.29) is 47.6 Å². The number of anilines is 1. The molecule has 19 heavy (non-hydrogen) atoms. The number of phenolic OH excluding ortho intramolecular Hbond substituents is 1. The van der Waals surface area contributed by atoms with E-state index in [2.05, 4.69) is 0 Å². The van der Waals surface area contributed by atoms with Crippen LogP contribution in [0.2, 0.25) is 0 Å². The number of hydrogen-bond acceptors (Lipinski definition) is 4. The molecule has 3 rings (SSSR count). The average Bonchev–Trinajstić information content (AvgIpc) is 2.39. The number of fused-ring (bicyclic) bond motifs is 1. The van der Waals surface area contributed by atoms with Crippen molar-refractivity contribution in [3.63, 3.8) is 0 Å². The van der Waals surface area contributed by atoms with E-state index in [4.69, 9.17) is 4.84 Å². The molecule has 0 saturated heterocycles. The molecular weight excluding hydrogens is 253 g/mol. The van der Waals surface area contributed by atoms with Gasteiger partial charge in [0.15, 0.2) is 11.5 Å². The van der Waals surface area contributed by atoms with E-state index in [0.717, 1.165) is 0 Å². The molecule has 0 atom stereocenters. The van der Waals surface area contributed by atoms with Crippen LogP contribution in [0.1, 0.15) is 10.4 Å². The molecule has 0 aromatic heterocycles. The van der Waals surface area contributed by atoms with Gasteiger partial charge >= 0.3 is 29.6 Å². The normalized spacial score (nSPS) is 13.3. The molecule has 1 aliphatic heterocycles. The van der Waals surface area contributed by atoms with Crippen molar-refractivity contribution in [2.24, 2.45) is 0 Å². The van der Waals surface area contributed by atoms with Crippen LogP contribution in [0.15, 0.2) is 48.5 Å². The molecule has 1 N–H and O–H groups in total. The third-order valence-electron chi connectivity index (χ3n) is 2.83. The molecule has 0 bridgehead atoms. The molecule has 0 saturated carbocycles. The Labute approximate surface area is 132 Å². The van der Waals surface area contributed by atoms with Crippen LogP contribution in [0.3, 0.4) is 0 Å². The van der Waals surface area contributed by atoms with E-state index in [9.17, 15) is 9.90 Å². The first-order valence-corrected chi connectivity index (χ1v) is 5.61. The van der Waals surface area contributed by atoms with E-state index in [1.807, 2.05) is 0 Å². The summed E-state index contributed by atoms with van der Waals surface area (Å²) in [6, 6.07) is 13.8. The number of carbonyl (C=O) groups excluding carboxylic acids is 1. The second kappa shape index (κ2) is 5.65. The van der Waals surface area contributed by atoms with Gasteiger partial charge in [0.2, 0.25) is 0 Å². The Morgan fingerprint density at radius 3 is 2.53 bits per heavy atom. The van der Waals surface area contributed by atoms with Crippen LogP contribution in [-0.2, 0) is 0 Å². The van der Waals surface area contributed by atoms with Gasteiger partial charge < -0.3 is 9.94 Å². The van der Waals surface area contributed by atoms with Crippen LogP contribution in [0.4, 0.5) is 5.69 Å². The zero-order chi connectivity index (χ0) is 12.5. The monoisotopic (exact) mass is 265 g/mol. The van der Waals surface area contributed by atoms with Crippen molar-refractivity contribution >= 4 is 41.0 Å². The number of para-hydroxylation sites is 3. The van der Waals surface area contributed by atoms with Gasteiger partial charge in [0.05, 0.1) is 5.56 Å². The predicted octanol–water partition coefficient (Wildman–Crippen LogP) is 1.74. The zero-order valence-corrected chi connectivity index (χ0v) is 9.54. The molecule has 0 fully saturated rings. The number of carbonyl (C=O) groups is 1. The third-order valence-corrected chi connectivity index (χ3v) is 2.83. The number of phenols is 1. The van der Waals surface area contributed by atoms with Gasteiger partial charge in [-0.3, -0.25) is 4.79 Å². The standard InChI is InChI=1S/C14H11NO3.Na.H/c16-12-7-3-2-6-11(12)15-9-13(17)10-5-1-4-8-14(10)18-15;;/h1-8,16H,9H2;;. The van der Waals surface area contributed by atoms with Crippen molar-refractivity contribution in [1.82, 2.24) is 0 Å². The number of benzene rings is 2. The first-order chi connectivity index (χ1) is 8.75. The van der Waals surface area contributed by atoms with Crippen molar-refractivity contribution in [1.29, 1.82) is 0 Å². The van der Waals surface area contributed by atoms with Gasteiger partial charge in [-0.15, -0.1) is 0 Å². The second-order valence-corrected chi connectivity index (χ2v) is 4.04. The van der Waals surface area contributed by atoms with Crippen LogP contribution in [0.25, 0.3) is 0 Å². The van der Waals surface area contributed by atoms with Crippen LogP contribution in [0, 0.1) is 0 Å². The summed E-state index contributed by atoms with van der Waals surface area (Å²) in [5.41, 5.74) is 1.06. The van der Waals surface area contributed by atoms with Crippen LogP contribution >= 0.6 is 0 Å². The molecule has 0 radical (unpaired) electrons. The van der Waals surface area contributed by atoms with Gasteiger partial charge in [0.25, 0.3) is 0 Å². The molecule has 2 aromatic rings. The van der Waals surface area contributed by atoms with E-state index in [1.165, 1.54) is 5.06 Å². The summed E-state index contributed by atoms with van der Waals surface area (Å²) in [6.45, 7) is 0.0919. The molecular formula is C14H12NNaO3. The minimum atomic E-state index is -0.0277. The van der Waals surface area contributed by atoms with Gasteiger partial charge in [-0.25, -0.2) is 0 Å². The predicted molar refractivity (Wildman–Crippen MR) is 74.0 cm³/mol. The third kappa shape index (κ3) is 2.61. The Balaban J connectivity index is 0.00000133. The molecule has 0 spiro atoms. The summed E-state index contributed by atoms with van der Waals surface area (Å²) in [5.74, 6) is 0.571. The summed E-state index contributed by atoms with van der Waals surface area (Å²) in [6.07, 6.45) is 0. The van der Waals surface area contributed by atoms with E-state index >= 15 is 0 Å². The van der Waals surface area contributed by atoms with Crippen LogP contribution < -0.4 is 9.90 Å².